The van der Waals surface area contributed by atoms with Gasteiger partial charge in [0.15, 0.2) is 0 Å². The van der Waals surface area contributed by atoms with Gasteiger partial charge >= 0.3 is 6.03 Å². The molecule has 0 aliphatic rings. The Balaban J connectivity index is 2.52. The van der Waals surface area contributed by atoms with Gasteiger partial charge < -0.3 is 10.1 Å². The van der Waals surface area contributed by atoms with Gasteiger partial charge in [-0.25, -0.2) is 10.2 Å². The van der Waals surface area contributed by atoms with Crippen LogP contribution in [0.25, 0.3) is 0 Å². The Morgan fingerprint density at radius 3 is 2.63 bits per heavy atom. The molecule has 0 saturated carbocycles. The molecule has 0 fully saturated rings. The summed E-state index contributed by atoms with van der Waals surface area (Å²) in [4.78, 5) is 22.5. The van der Waals surface area contributed by atoms with Crippen molar-refractivity contribution in [1.82, 2.24) is 16.2 Å². The molecule has 3 amide bonds. The van der Waals surface area contributed by atoms with Crippen LogP contribution >= 0.6 is 0 Å². The maximum Gasteiger partial charge on any atom is 0.333 e. The van der Waals surface area contributed by atoms with Crippen LogP contribution in [0.5, 0.6) is 5.75 Å². The Labute approximate surface area is 112 Å². The van der Waals surface area contributed by atoms with Crippen LogP contribution in [0.1, 0.15) is 19.4 Å². The molecule has 1 aromatic carbocycles. The summed E-state index contributed by atoms with van der Waals surface area (Å²) in [7, 11) is 1.47. The Morgan fingerprint density at radius 2 is 2.00 bits per heavy atom. The minimum atomic E-state index is -0.467. The standard InChI is InChI=1S/C13H19N3O3/c1-9(2)19-11-6-4-5-10(7-11)8-12(17)15-16-13(18)14-3/h4-7,9H,8H2,1-3H3,(H,15,17)(H2,14,16,18). The third-order valence-corrected chi connectivity index (χ3v) is 2.18. The van der Waals surface area contributed by atoms with Gasteiger partial charge in [0.25, 0.3) is 0 Å². The molecule has 0 atom stereocenters. The average Bonchev–Trinajstić information content (AvgIpc) is 2.35. The van der Waals surface area contributed by atoms with Gasteiger partial charge in [-0.05, 0) is 31.5 Å². The molecule has 1 rings (SSSR count). The van der Waals surface area contributed by atoms with E-state index in [0.29, 0.717) is 0 Å². The topological polar surface area (TPSA) is 79.5 Å². The van der Waals surface area contributed by atoms with E-state index in [1.165, 1.54) is 7.05 Å². The van der Waals surface area contributed by atoms with Crippen LogP contribution in [-0.2, 0) is 11.2 Å². The fraction of sp³-hybridized carbons (Fsp3) is 0.385. The lowest BCUT2D eigenvalue weighted by molar-refractivity contribution is -0.121. The van der Waals surface area contributed by atoms with E-state index in [-0.39, 0.29) is 18.4 Å². The fourth-order valence-corrected chi connectivity index (χ4v) is 1.42. The summed E-state index contributed by atoms with van der Waals surface area (Å²) >= 11 is 0. The van der Waals surface area contributed by atoms with Crippen molar-refractivity contribution in [3.8, 4) is 5.75 Å². The first-order chi connectivity index (χ1) is 9.01. The second kappa shape index (κ2) is 7.25. The molecule has 0 aliphatic carbocycles. The van der Waals surface area contributed by atoms with Gasteiger partial charge in [-0.3, -0.25) is 10.2 Å². The third kappa shape index (κ3) is 5.76. The van der Waals surface area contributed by atoms with E-state index < -0.39 is 6.03 Å². The van der Waals surface area contributed by atoms with E-state index in [1.54, 1.807) is 6.07 Å². The number of carbonyl (C=O) groups excluding carboxylic acids is 2. The van der Waals surface area contributed by atoms with Gasteiger partial charge in [-0.1, -0.05) is 12.1 Å². The number of hydrogen-bond acceptors (Lipinski definition) is 3. The lowest BCUT2D eigenvalue weighted by Crippen LogP contribution is -2.46. The fourth-order valence-electron chi connectivity index (χ4n) is 1.42. The summed E-state index contributed by atoms with van der Waals surface area (Å²) in [6.07, 6.45) is 0.248. The highest BCUT2D eigenvalue weighted by atomic mass is 16.5. The molecule has 0 radical (unpaired) electrons. The average molecular weight is 265 g/mol. The Hall–Kier alpha value is -2.24. The first-order valence-electron chi connectivity index (χ1n) is 6.03. The Bertz CT molecular complexity index is 447. The highest BCUT2D eigenvalue weighted by Gasteiger charge is 2.06. The summed E-state index contributed by atoms with van der Waals surface area (Å²) in [6.45, 7) is 3.87. The first kappa shape index (κ1) is 14.8. The minimum absolute atomic E-state index is 0.0824. The van der Waals surface area contributed by atoms with Crippen LogP contribution < -0.4 is 20.9 Å². The zero-order valence-electron chi connectivity index (χ0n) is 11.3. The molecule has 6 nitrogen and oxygen atoms in total. The summed E-state index contributed by atoms with van der Waals surface area (Å²) in [5, 5.41) is 2.33. The molecule has 6 heteroatoms. The van der Waals surface area contributed by atoms with Crippen LogP contribution in [0.2, 0.25) is 0 Å². The van der Waals surface area contributed by atoms with Gasteiger partial charge in [0.2, 0.25) is 5.91 Å². The predicted octanol–water partition coefficient (Wildman–Crippen LogP) is 0.976. The molecule has 0 aromatic heterocycles. The molecule has 0 unspecified atom stereocenters. The van der Waals surface area contributed by atoms with Crippen molar-refractivity contribution >= 4 is 11.9 Å². The number of rotatable bonds is 4. The molecule has 3 N–H and O–H groups in total. The second-order valence-corrected chi connectivity index (χ2v) is 4.24. The van der Waals surface area contributed by atoms with Crippen molar-refractivity contribution in [2.24, 2.45) is 0 Å². The molecule has 19 heavy (non-hydrogen) atoms. The number of urea groups is 1. The van der Waals surface area contributed by atoms with E-state index in [2.05, 4.69) is 16.2 Å². The largest absolute Gasteiger partial charge is 0.491 e. The number of amides is 3. The predicted molar refractivity (Wildman–Crippen MR) is 71.6 cm³/mol. The van der Waals surface area contributed by atoms with Gasteiger partial charge in [0.1, 0.15) is 5.75 Å². The number of hydrogen-bond donors (Lipinski definition) is 3. The van der Waals surface area contributed by atoms with Crippen molar-refractivity contribution in [2.45, 2.75) is 26.4 Å². The van der Waals surface area contributed by atoms with Crippen LogP contribution in [-0.4, -0.2) is 25.1 Å². The van der Waals surface area contributed by atoms with E-state index >= 15 is 0 Å². The smallest absolute Gasteiger partial charge is 0.333 e. The molecule has 0 spiro atoms. The van der Waals surface area contributed by atoms with Crippen molar-refractivity contribution in [2.75, 3.05) is 7.05 Å². The lowest BCUT2D eigenvalue weighted by Gasteiger charge is -2.11. The summed E-state index contributed by atoms with van der Waals surface area (Å²) < 4.78 is 5.54. The number of carbonyl (C=O) groups is 2. The maximum atomic E-state index is 11.6. The molecular formula is C13H19N3O3. The molecule has 0 bridgehead atoms. The quantitative estimate of drug-likeness (QED) is 0.710. The van der Waals surface area contributed by atoms with E-state index in [1.807, 2.05) is 32.0 Å². The normalized spacial score (nSPS) is 9.89. The highest BCUT2D eigenvalue weighted by Crippen LogP contribution is 2.15. The van der Waals surface area contributed by atoms with E-state index in [9.17, 15) is 9.59 Å². The maximum absolute atomic E-state index is 11.6. The SMILES string of the molecule is CNC(=O)NNC(=O)Cc1cccc(OC(C)C)c1. The Morgan fingerprint density at radius 1 is 1.26 bits per heavy atom. The molecular weight excluding hydrogens is 246 g/mol. The molecule has 104 valence electrons. The second-order valence-electron chi connectivity index (χ2n) is 4.24. The van der Waals surface area contributed by atoms with Gasteiger partial charge in [-0.2, -0.15) is 0 Å². The van der Waals surface area contributed by atoms with Crippen LogP contribution in [0.4, 0.5) is 4.79 Å². The van der Waals surface area contributed by atoms with Crippen molar-refractivity contribution in [3.05, 3.63) is 29.8 Å². The van der Waals surface area contributed by atoms with Crippen molar-refractivity contribution < 1.29 is 14.3 Å². The number of nitrogens with one attached hydrogen (secondary N) is 3. The Kier molecular flexibility index (Phi) is 5.66. The van der Waals surface area contributed by atoms with Crippen molar-refractivity contribution in [1.29, 1.82) is 0 Å². The zero-order chi connectivity index (χ0) is 14.3. The first-order valence-corrected chi connectivity index (χ1v) is 6.03. The van der Waals surface area contributed by atoms with Gasteiger partial charge in [0.05, 0.1) is 12.5 Å². The highest BCUT2D eigenvalue weighted by molar-refractivity contribution is 5.82. The summed E-state index contributed by atoms with van der Waals surface area (Å²) in [5.74, 6) is 0.421. The summed E-state index contributed by atoms with van der Waals surface area (Å²) in [6, 6.07) is 6.83. The van der Waals surface area contributed by atoms with Gasteiger partial charge in [-0.15, -0.1) is 0 Å². The number of ether oxygens (including phenoxy) is 1. The minimum Gasteiger partial charge on any atom is -0.491 e. The van der Waals surface area contributed by atoms with Gasteiger partial charge in [0, 0.05) is 7.05 Å². The number of hydrazine groups is 1. The monoisotopic (exact) mass is 265 g/mol. The van der Waals surface area contributed by atoms with Crippen LogP contribution in [0.15, 0.2) is 24.3 Å². The van der Waals surface area contributed by atoms with Crippen molar-refractivity contribution in [3.63, 3.8) is 0 Å². The summed E-state index contributed by atoms with van der Waals surface area (Å²) in [5.41, 5.74) is 5.33. The van der Waals surface area contributed by atoms with Crippen LogP contribution in [0, 0.1) is 0 Å². The van der Waals surface area contributed by atoms with E-state index in [0.717, 1.165) is 11.3 Å². The lowest BCUT2D eigenvalue weighted by atomic mass is 10.1. The van der Waals surface area contributed by atoms with E-state index in [4.69, 9.17) is 4.74 Å². The molecule has 1 aromatic rings. The number of benzene rings is 1. The molecule has 0 aliphatic heterocycles. The zero-order valence-corrected chi connectivity index (χ0v) is 11.3. The van der Waals surface area contributed by atoms with Crippen LogP contribution in [0.3, 0.4) is 0 Å². The molecule has 0 heterocycles. The third-order valence-electron chi connectivity index (χ3n) is 2.18. The molecule has 0 saturated heterocycles.